The van der Waals surface area contributed by atoms with Crippen LogP contribution in [-0.4, -0.2) is 23.9 Å². The van der Waals surface area contributed by atoms with Gasteiger partial charge < -0.3 is 20.7 Å². The first-order valence-electron chi connectivity index (χ1n) is 4.04. The molecule has 1 rings (SSSR count). The molecule has 78 valence electrons. The highest BCUT2D eigenvalue weighted by molar-refractivity contribution is 6.30. The van der Waals surface area contributed by atoms with E-state index < -0.39 is 6.10 Å². The van der Waals surface area contributed by atoms with Crippen molar-refractivity contribution in [2.75, 3.05) is 13.7 Å². The number of hydrogen-bond acceptors (Lipinski definition) is 4. The van der Waals surface area contributed by atoms with Crippen molar-refractivity contribution in [1.82, 2.24) is 0 Å². The van der Waals surface area contributed by atoms with Crippen LogP contribution in [0.2, 0.25) is 5.02 Å². The van der Waals surface area contributed by atoms with Crippen LogP contribution in [0.5, 0.6) is 11.5 Å². The summed E-state index contributed by atoms with van der Waals surface area (Å²) in [4.78, 5) is 0. The van der Waals surface area contributed by atoms with Crippen molar-refractivity contribution in [2.24, 2.45) is 5.73 Å². The quantitative estimate of drug-likeness (QED) is 0.707. The molecule has 0 bridgehead atoms. The molecule has 0 radical (unpaired) electrons. The smallest absolute Gasteiger partial charge is 0.163 e. The maximum atomic E-state index is 9.62. The van der Waals surface area contributed by atoms with E-state index in [2.05, 4.69) is 0 Å². The van der Waals surface area contributed by atoms with Gasteiger partial charge in [-0.05, 0) is 6.07 Å². The highest BCUT2D eigenvalue weighted by atomic mass is 35.5. The summed E-state index contributed by atoms with van der Waals surface area (Å²) in [6.07, 6.45) is -0.942. The SMILES string of the molecule is COc1cc(Cl)cc([C@H](O)CN)c1O. The molecule has 0 aliphatic heterocycles. The van der Waals surface area contributed by atoms with Crippen molar-refractivity contribution < 1.29 is 14.9 Å². The topological polar surface area (TPSA) is 75.7 Å². The Bertz CT molecular complexity index is 330. The Kier molecular flexibility index (Phi) is 3.57. The van der Waals surface area contributed by atoms with E-state index in [0.29, 0.717) is 5.02 Å². The zero-order valence-electron chi connectivity index (χ0n) is 7.70. The molecule has 0 spiro atoms. The third-order valence-corrected chi connectivity index (χ3v) is 2.09. The number of phenolic OH excluding ortho intramolecular Hbond substituents is 1. The van der Waals surface area contributed by atoms with Crippen LogP contribution in [0.15, 0.2) is 12.1 Å². The van der Waals surface area contributed by atoms with Gasteiger partial charge in [0.15, 0.2) is 11.5 Å². The van der Waals surface area contributed by atoms with Crippen molar-refractivity contribution in [3.63, 3.8) is 0 Å². The van der Waals surface area contributed by atoms with Gasteiger partial charge in [-0.25, -0.2) is 0 Å². The molecule has 1 aromatic carbocycles. The number of methoxy groups -OCH3 is 1. The van der Waals surface area contributed by atoms with Gasteiger partial charge in [0.1, 0.15) is 0 Å². The van der Waals surface area contributed by atoms with Crippen LogP contribution in [0.1, 0.15) is 11.7 Å². The second kappa shape index (κ2) is 4.50. The second-order valence-electron chi connectivity index (χ2n) is 2.80. The number of aromatic hydroxyl groups is 1. The number of nitrogens with two attached hydrogens (primary N) is 1. The Labute approximate surface area is 86.9 Å². The summed E-state index contributed by atoms with van der Waals surface area (Å²) in [6, 6.07) is 2.92. The molecule has 0 amide bonds. The molecule has 0 unspecified atom stereocenters. The van der Waals surface area contributed by atoms with E-state index >= 15 is 0 Å². The third kappa shape index (κ3) is 2.09. The summed E-state index contributed by atoms with van der Waals surface area (Å²) < 4.78 is 4.87. The van der Waals surface area contributed by atoms with Crippen molar-refractivity contribution in [3.05, 3.63) is 22.7 Å². The van der Waals surface area contributed by atoms with Crippen LogP contribution in [0.25, 0.3) is 0 Å². The van der Waals surface area contributed by atoms with Crippen molar-refractivity contribution in [3.8, 4) is 11.5 Å². The van der Waals surface area contributed by atoms with E-state index in [9.17, 15) is 10.2 Å². The van der Waals surface area contributed by atoms with Crippen LogP contribution >= 0.6 is 11.6 Å². The average molecular weight is 218 g/mol. The number of benzene rings is 1. The molecule has 0 saturated carbocycles. The predicted molar refractivity (Wildman–Crippen MR) is 53.7 cm³/mol. The Morgan fingerprint density at radius 2 is 2.21 bits per heavy atom. The van der Waals surface area contributed by atoms with E-state index in [1.165, 1.54) is 19.2 Å². The van der Waals surface area contributed by atoms with Gasteiger partial charge in [-0.2, -0.15) is 0 Å². The fourth-order valence-corrected chi connectivity index (χ4v) is 1.35. The van der Waals surface area contributed by atoms with E-state index in [-0.39, 0.29) is 23.6 Å². The van der Waals surface area contributed by atoms with Gasteiger partial charge in [-0.3, -0.25) is 0 Å². The zero-order valence-corrected chi connectivity index (χ0v) is 8.45. The van der Waals surface area contributed by atoms with Gasteiger partial charge in [0.25, 0.3) is 0 Å². The second-order valence-corrected chi connectivity index (χ2v) is 3.23. The minimum atomic E-state index is -0.942. The number of aliphatic hydroxyl groups is 1. The summed E-state index contributed by atoms with van der Waals surface area (Å²) in [6.45, 7) is 0.0110. The van der Waals surface area contributed by atoms with Crippen molar-refractivity contribution in [1.29, 1.82) is 0 Å². The van der Waals surface area contributed by atoms with Crippen LogP contribution in [0, 0.1) is 0 Å². The van der Waals surface area contributed by atoms with Crippen LogP contribution in [-0.2, 0) is 0 Å². The summed E-state index contributed by atoms with van der Waals surface area (Å²) in [5, 5.41) is 19.4. The number of aliphatic hydroxyl groups excluding tert-OH is 1. The molecular weight excluding hydrogens is 206 g/mol. The first-order chi connectivity index (χ1) is 6.60. The number of ether oxygens (including phenoxy) is 1. The lowest BCUT2D eigenvalue weighted by Gasteiger charge is -2.13. The normalized spacial score (nSPS) is 12.6. The molecule has 0 aromatic heterocycles. The monoisotopic (exact) mass is 217 g/mol. The van der Waals surface area contributed by atoms with Crippen LogP contribution < -0.4 is 10.5 Å². The number of halogens is 1. The van der Waals surface area contributed by atoms with Gasteiger partial charge in [-0.15, -0.1) is 0 Å². The number of phenols is 1. The third-order valence-electron chi connectivity index (χ3n) is 1.87. The lowest BCUT2D eigenvalue weighted by Crippen LogP contribution is -2.11. The van der Waals surface area contributed by atoms with Crippen molar-refractivity contribution in [2.45, 2.75) is 6.10 Å². The van der Waals surface area contributed by atoms with E-state index in [1.54, 1.807) is 0 Å². The Balaban J connectivity index is 3.21. The minimum absolute atomic E-state index is 0.0110. The standard InChI is InChI=1S/C9H12ClNO3/c1-14-8-3-5(10)2-6(9(8)13)7(12)4-11/h2-3,7,12-13H,4,11H2,1H3/t7-/m1/s1. The van der Waals surface area contributed by atoms with E-state index in [4.69, 9.17) is 22.1 Å². The minimum Gasteiger partial charge on any atom is -0.504 e. The van der Waals surface area contributed by atoms with Gasteiger partial charge >= 0.3 is 0 Å². The zero-order chi connectivity index (χ0) is 10.7. The first-order valence-corrected chi connectivity index (χ1v) is 4.42. The maximum absolute atomic E-state index is 9.62. The predicted octanol–water partition coefficient (Wildman–Crippen LogP) is 1.05. The fourth-order valence-electron chi connectivity index (χ4n) is 1.13. The molecule has 1 aromatic rings. The molecular formula is C9H12ClNO3. The molecule has 0 heterocycles. The van der Waals surface area contributed by atoms with Gasteiger partial charge in [0, 0.05) is 23.2 Å². The molecule has 0 aliphatic rings. The average Bonchev–Trinajstić information content (AvgIpc) is 2.19. The summed E-state index contributed by atoms with van der Waals surface area (Å²) in [5.74, 6) is 0.0925. The highest BCUT2D eigenvalue weighted by Crippen LogP contribution is 2.36. The summed E-state index contributed by atoms with van der Waals surface area (Å²) in [7, 11) is 1.41. The lowest BCUT2D eigenvalue weighted by molar-refractivity contribution is 0.181. The maximum Gasteiger partial charge on any atom is 0.163 e. The molecule has 0 saturated heterocycles. The Morgan fingerprint density at radius 3 is 2.71 bits per heavy atom. The molecule has 4 nitrogen and oxygen atoms in total. The summed E-state index contributed by atoms with van der Waals surface area (Å²) in [5.41, 5.74) is 5.54. The van der Waals surface area contributed by atoms with Crippen LogP contribution in [0.4, 0.5) is 0 Å². The van der Waals surface area contributed by atoms with Gasteiger partial charge in [0.2, 0.25) is 0 Å². The fraction of sp³-hybridized carbons (Fsp3) is 0.333. The molecule has 14 heavy (non-hydrogen) atoms. The largest absolute Gasteiger partial charge is 0.504 e. The number of hydrogen-bond donors (Lipinski definition) is 3. The van der Waals surface area contributed by atoms with Crippen molar-refractivity contribution >= 4 is 11.6 Å². The molecule has 0 aliphatic carbocycles. The number of rotatable bonds is 3. The Hall–Kier alpha value is -0.970. The molecule has 5 heteroatoms. The van der Waals surface area contributed by atoms with Crippen LogP contribution in [0.3, 0.4) is 0 Å². The van der Waals surface area contributed by atoms with E-state index in [0.717, 1.165) is 0 Å². The van der Waals surface area contributed by atoms with E-state index in [1.807, 2.05) is 0 Å². The summed E-state index contributed by atoms with van der Waals surface area (Å²) >= 11 is 5.76. The molecule has 4 N–H and O–H groups in total. The van der Waals surface area contributed by atoms with Gasteiger partial charge in [0.05, 0.1) is 13.2 Å². The molecule has 1 atom stereocenters. The highest BCUT2D eigenvalue weighted by Gasteiger charge is 2.15. The Morgan fingerprint density at radius 1 is 1.57 bits per heavy atom. The molecule has 0 fully saturated rings. The van der Waals surface area contributed by atoms with Gasteiger partial charge in [-0.1, -0.05) is 11.6 Å². The lowest BCUT2D eigenvalue weighted by atomic mass is 10.1. The first kappa shape index (κ1) is 11.1.